The quantitative estimate of drug-likeness (QED) is 0.796. The Labute approximate surface area is 161 Å². The fourth-order valence-electron chi connectivity index (χ4n) is 2.50. The van der Waals surface area contributed by atoms with Gasteiger partial charge >= 0.3 is 0 Å². The van der Waals surface area contributed by atoms with Crippen LogP contribution in [0, 0.1) is 0 Å². The lowest BCUT2D eigenvalue weighted by Gasteiger charge is -2.21. The highest BCUT2D eigenvalue weighted by Crippen LogP contribution is 2.20. The van der Waals surface area contributed by atoms with Crippen molar-refractivity contribution in [3.63, 3.8) is 0 Å². The van der Waals surface area contributed by atoms with E-state index in [1.54, 1.807) is 24.3 Å². The fraction of sp³-hybridized carbons (Fsp3) is 0.364. The average Bonchev–Trinajstić information content (AvgIpc) is 2.59. The molecule has 0 aliphatic carbocycles. The minimum Gasteiger partial charge on any atom is -0.484 e. The molecule has 2 aromatic rings. The topological polar surface area (TPSA) is 67.4 Å². The van der Waals surface area contributed by atoms with Gasteiger partial charge in [0.15, 0.2) is 6.61 Å². The molecule has 144 valence electrons. The van der Waals surface area contributed by atoms with Crippen LogP contribution < -0.4 is 15.4 Å². The zero-order valence-electron chi connectivity index (χ0n) is 16.6. The minimum atomic E-state index is -0.362. The molecule has 0 atom stereocenters. The van der Waals surface area contributed by atoms with E-state index in [0.717, 1.165) is 5.56 Å². The van der Waals surface area contributed by atoms with E-state index in [4.69, 9.17) is 4.74 Å². The molecule has 0 aliphatic heterocycles. The SMILES string of the molecule is CC(C)c1cccc(OCC(=O)Nc2ccccc2C(=O)NC(C)(C)C)c1. The number of hydrogen-bond acceptors (Lipinski definition) is 3. The molecule has 0 aliphatic rings. The Morgan fingerprint density at radius 2 is 1.74 bits per heavy atom. The first kappa shape index (κ1) is 20.5. The van der Waals surface area contributed by atoms with Crippen molar-refractivity contribution in [3.05, 3.63) is 59.7 Å². The van der Waals surface area contributed by atoms with Gasteiger partial charge in [0.05, 0.1) is 11.3 Å². The van der Waals surface area contributed by atoms with Gasteiger partial charge in [0.25, 0.3) is 11.8 Å². The standard InChI is InChI=1S/C22H28N2O3/c1-15(2)16-9-8-10-17(13-16)27-14-20(25)23-19-12-7-6-11-18(19)21(26)24-22(3,4)5/h6-13,15H,14H2,1-5H3,(H,23,25)(H,24,26). The highest BCUT2D eigenvalue weighted by atomic mass is 16.5. The summed E-state index contributed by atoms with van der Waals surface area (Å²) in [6.45, 7) is 9.80. The lowest BCUT2D eigenvalue weighted by molar-refractivity contribution is -0.118. The van der Waals surface area contributed by atoms with E-state index in [9.17, 15) is 9.59 Å². The number of carbonyl (C=O) groups is 2. The minimum absolute atomic E-state index is 0.128. The van der Waals surface area contributed by atoms with Crippen molar-refractivity contribution in [2.24, 2.45) is 0 Å². The molecule has 0 spiro atoms. The Kier molecular flexibility index (Phi) is 6.61. The molecule has 0 aromatic heterocycles. The largest absolute Gasteiger partial charge is 0.484 e. The second kappa shape index (κ2) is 8.71. The number of para-hydroxylation sites is 1. The van der Waals surface area contributed by atoms with Gasteiger partial charge in [-0.3, -0.25) is 9.59 Å². The average molecular weight is 368 g/mol. The number of benzene rings is 2. The van der Waals surface area contributed by atoms with Gasteiger partial charge in [0.1, 0.15) is 5.75 Å². The summed E-state index contributed by atoms with van der Waals surface area (Å²) >= 11 is 0. The number of nitrogens with one attached hydrogen (secondary N) is 2. The van der Waals surface area contributed by atoms with Gasteiger partial charge in [-0.1, -0.05) is 38.1 Å². The van der Waals surface area contributed by atoms with Gasteiger partial charge in [-0.15, -0.1) is 0 Å². The van der Waals surface area contributed by atoms with Crippen molar-refractivity contribution >= 4 is 17.5 Å². The molecule has 0 radical (unpaired) electrons. The molecule has 27 heavy (non-hydrogen) atoms. The van der Waals surface area contributed by atoms with Gasteiger partial charge in [0.2, 0.25) is 0 Å². The van der Waals surface area contributed by atoms with Gasteiger partial charge in [-0.05, 0) is 56.5 Å². The summed E-state index contributed by atoms with van der Waals surface area (Å²) in [7, 11) is 0. The van der Waals surface area contributed by atoms with E-state index in [1.807, 2.05) is 45.0 Å². The molecule has 0 bridgehead atoms. The predicted molar refractivity (Wildman–Crippen MR) is 108 cm³/mol. The Balaban J connectivity index is 2.02. The van der Waals surface area contributed by atoms with Crippen LogP contribution in [0.5, 0.6) is 5.75 Å². The summed E-state index contributed by atoms with van der Waals surface area (Å²) in [5.41, 5.74) is 1.67. The molecule has 0 fully saturated rings. The van der Waals surface area contributed by atoms with Crippen molar-refractivity contribution in [3.8, 4) is 5.75 Å². The van der Waals surface area contributed by atoms with E-state index in [2.05, 4.69) is 24.5 Å². The molecule has 2 N–H and O–H groups in total. The van der Waals surface area contributed by atoms with Gasteiger partial charge < -0.3 is 15.4 Å². The molecule has 0 unspecified atom stereocenters. The lowest BCUT2D eigenvalue weighted by Crippen LogP contribution is -2.41. The first-order chi connectivity index (χ1) is 12.7. The van der Waals surface area contributed by atoms with E-state index in [1.165, 1.54) is 0 Å². The maximum absolute atomic E-state index is 12.4. The van der Waals surface area contributed by atoms with E-state index in [-0.39, 0.29) is 24.0 Å². The third-order valence-electron chi connectivity index (χ3n) is 3.83. The molecular weight excluding hydrogens is 340 g/mol. The number of amides is 2. The predicted octanol–water partition coefficient (Wildman–Crippen LogP) is 4.36. The van der Waals surface area contributed by atoms with Crippen LogP contribution in [-0.2, 0) is 4.79 Å². The molecule has 2 aromatic carbocycles. The Morgan fingerprint density at radius 3 is 2.41 bits per heavy atom. The summed E-state index contributed by atoms with van der Waals surface area (Å²) in [5, 5.41) is 5.66. The summed E-state index contributed by atoms with van der Waals surface area (Å²) in [6.07, 6.45) is 0. The highest BCUT2D eigenvalue weighted by molar-refractivity contribution is 6.04. The van der Waals surface area contributed by atoms with Gasteiger partial charge in [0, 0.05) is 5.54 Å². The monoisotopic (exact) mass is 368 g/mol. The smallest absolute Gasteiger partial charge is 0.262 e. The zero-order valence-corrected chi connectivity index (χ0v) is 16.6. The van der Waals surface area contributed by atoms with Crippen molar-refractivity contribution in [1.82, 2.24) is 5.32 Å². The summed E-state index contributed by atoms with van der Waals surface area (Å²) in [5.74, 6) is 0.482. The number of ether oxygens (including phenoxy) is 1. The molecule has 0 heterocycles. The van der Waals surface area contributed by atoms with Crippen LogP contribution in [0.1, 0.15) is 56.5 Å². The third kappa shape index (κ3) is 6.44. The third-order valence-corrected chi connectivity index (χ3v) is 3.83. The molecule has 0 saturated heterocycles. The van der Waals surface area contributed by atoms with Crippen LogP contribution in [0.2, 0.25) is 0 Å². The molecule has 2 amide bonds. The second-order valence-corrected chi connectivity index (χ2v) is 7.81. The molecule has 2 rings (SSSR count). The first-order valence-electron chi connectivity index (χ1n) is 9.10. The summed E-state index contributed by atoms with van der Waals surface area (Å²) in [6, 6.07) is 14.6. The lowest BCUT2D eigenvalue weighted by atomic mass is 10.0. The summed E-state index contributed by atoms with van der Waals surface area (Å²) in [4.78, 5) is 24.7. The fourth-order valence-corrected chi connectivity index (χ4v) is 2.50. The van der Waals surface area contributed by atoms with Gasteiger partial charge in [-0.25, -0.2) is 0 Å². The Morgan fingerprint density at radius 1 is 1.04 bits per heavy atom. The Hall–Kier alpha value is -2.82. The number of rotatable bonds is 6. The summed E-state index contributed by atoms with van der Waals surface area (Å²) < 4.78 is 5.60. The Bertz CT molecular complexity index is 807. The molecule has 0 saturated carbocycles. The number of hydrogen-bond donors (Lipinski definition) is 2. The van der Waals surface area contributed by atoms with E-state index < -0.39 is 0 Å². The van der Waals surface area contributed by atoms with E-state index in [0.29, 0.717) is 22.9 Å². The van der Waals surface area contributed by atoms with Crippen molar-refractivity contribution in [2.75, 3.05) is 11.9 Å². The van der Waals surface area contributed by atoms with Crippen LogP contribution in [0.3, 0.4) is 0 Å². The zero-order chi connectivity index (χ0) is 20.0. The highest BCUT2D eigenvalue weighted by Gasteiger charge is 2.18. The van der Waals surface area contributed by atoms with Crippen molar-refractivity contribution in [2.45, 2.75) is 46.1 Å². The van der Waals surface area contributed by atoms with Crippen LogP contribution >= 0.6 is 0 Å². The van der Waals surface area contributed by atoms with Crippen LogP contribution in [0.15, 0.2) is 48.5 Å². The molecular formula is C22H28N2O3. The maximum atomic E-state index is 12.4. The molecule has 5 heteroatoms. The number of anilines is 1. The normalized spacial score (nSPS) is 11.2. The van der Waals surface area contributed by atoms with E-state index >= 15 is 0 Å². The van der Waals surface area contributed by atoms with Crippen LogP contribution in [0.25, 0.3) is 0 Å². The van der Waals surface area contributed by atoms with Crippen LogP contribution in [-0.4, -0.2) is 24.0 Å². The van der Waals surface area contributed by atoms with Crippen LogP contribution in [0.4, 0.5) is 5.69 Å². The number of carbonyl (C=O) groups excluding carboxylic acids is 2. The van der Waals surface area contributed by atoms with Gasteiger partial charge in [-0.2, -0.15) is 0 Å². The molecule has 5 nitrogen and oxygen atoms in total. The maximum Gasteiger partial charge on any atom is 0.262 e. The van der Waals surface area contributed by atoms with Crippen molar-refractivity contribution < 1.29 is 14.3 Å². The first-order valence-corrected chi connectivity index (χ1v) is 9.10. The van der Waals surface area contributed by atoms with Crippen molar-refractivity contribution in [1.29, 1.82) is 0 Å². The second-order valence-electron chi connectivity index (χ2n) is 7.81.